The van der Waals surface area contributed by atoms with Gasteiger partial charge in [-0.3, -0.25) is 9.59 Å². The second kappa shape index (κ2) is 10.1. The molecule has 0 unspecified atom stereocenters. The van der Waals surface area contributed by atoms with E-state index in [2.05, 4.69) is 10.3 Å². The zero-order valence-corrected chi connectivity index (χ0v) is 16.8. The number of esters is 1. The third kappa shape index (κ3) is 6.51. The lowest BCUT2D eigenvalue weighted by Crippen LogP contribution is -2.22. The van der Waals surface area contributed by atoms with Gasteiger partial charge >= 0.3 is 12.1 Å². The van der Waals surface area contributed by atoms with Gasteiger partial charge in [0.1, 0.15) is 0 Å². The SMILES string of the molecule is COc1ccc(CCC(=O)OCC(=O)Nc2ncc(C(F)(F)F)cc2Cl)cc1OC. The molecule has 1 aromatic carbocycles. The maximum Gasteiger partial charge on any atom is 0.417 e. The van der Waals surface area contributed by atoms with Crippen LogP contribution in [0.25, 0.3) is 0 Å². The van der Waals surface area contributed by atoms with Crippen molar-refractivity contribution < 1.29 is 37.0 Å². The standard InChI is InChI=1S/C19H18ClF3N2O5/c1-28-14-5-3-11(7-15(14)29-2)4-6-17(27)30-10-16(26)25-18-13(20)8-12(9-24-18)19(21,22)23/h3,5,7-9H,4,6,10H2,1-2H3,(H,24,25,26). The molecule has 0 aliphatic carbocycles. The molecule has 0 spiro atoms. The van der Waals surface area contributed by atoms with Gasteiger partial charge in [-0.05, 0) is 30.2 Å². The molecule has 2 rings (SSSR count). The zero-order valence-electron chi connectivity index (χ0n) is 16.0. The number of carbonyl (C=O) groups is 2. The molecule has 1 heterocycles. The second-order valence-corrected chi connectivity index (χ2v) is 6.36. The first-order valence-corrected chi connectivity index (χ1v) is 8.91. The average molecular weight is 447 g/mol. The van der Waals surface area contributed by atoms with Gasteiger partial charge in [0.25, 0.3) is 5.91 Å². The van der Waals surface area contributed by atoms with Gasteiger partial charge in [-0.2, -0.15) is 13.2 Å². The second-order valence-electron chi connectivity index (χ2n) is 5.95. The summed E-state index contributed by atoms with van der Waals surface area (Å²) in [5, 5.41) is 1.80. The molecule has 1 aromatic heterocycles. The van der Waals surface area contributed by atoms with Crippen LogP contribution >= 0.6 is 11.6 Å². The van der Waals surface area contributed by atoms with Crippen LogP contribution in [0.2, 0.25) is 5.02 Å². The van der Waals surface area contributed by atoms with Gasteiger partial charge in [0.15, 0.2) is 23.9 Å². The molecule has 0 atom stereocenters. The number of ether oxygens (including phenoxy) is 3. The van der Waals surface area contributed by atoms with E-state index < -0.39 is 35.2 Å². The summed E-state index contributed by atoms with van der Waals surface area (Å²) in [6.45, 7) is -0.635. The minimum atomic E-state index is -4.61. The molecule has 11 heteroatoms. The molecule has 0 aliphatic rings. The highest BCUT2D eigenvalue weighted by molar-refractivity contribution is 6.33. The normalized spacial score (nSPS) is 11.0. The number of aromatic nitrogens is 1. The molecule has 30 heavy (non-hydrogen) atoms. The summed E-state index contributed by atoms with van der Waals surface area (Å²) in [6.07, 6.45) is -3.73. The van der Waals surface area contributed by atoms with Crippen LogP contribution in [0.1, 0.15) is 17.5 Å². The molecule has 0 radical (unpaired) electrons. The number of nitrogens with one attached hydrogen (secondary N) is 1. The van der Waals surface area contributed by atoms with Crippen LogP contribution in [-0.2, 0) is 26.9 Å². The van der Waals surface area contributed by atoms with E-state index in [9.17, 15) is 22.8 Å². The molecule has 1 amide bonds. The van der Waals surface area contributed by atoms with Gasteiger partial charge < -0.3 is 19.5 Å². The summed E-state index contributed by atoms with van der Waals surface area (Å²) in [5.74, 6) is -0.620. The Bertz CT molecular complexity index is 922. The fourth-order valence-electron chi connectivity index (χ4n) is 2.35. The molecular weight excluding hydrogens is 429 g/mol. The number of hydrogen-bond acceptors (Lipinski definition) is 6. The molecule has 0 saturated heterocycles. The largest absolute Gasteiger partial charge is 0.493 e. The summed E-state index contributed by atoms with van der Waals surface area (Å²) in [7, 11) is 3.00. The van der Waals surface area contributed by atoms with Gasteiger partial charge in [-0.25, -0.2) is 4.98 Å². The van der Waals surface area contributed by atoms with Crippen LogP contribution in [0, 0.1) is 0 Å². The van der Waals surface area contributed by atoms with Crippen LogP contribution in [0.3, 0.4) is 0 Å². The highest BCUT2D eigenvalue weighted by Gasteiger charge is 2.31. The van der Waals surface area contributed by atoms with Crippen LogP contribution in [0.15, 0.2) is 30.5 Å². The van der Waals surface area contributed by atoms with Gasteiger partial charge in [0.2, 0.25) is 0 Å². The molecule has 0 aliphatic heterocycles. The first-order valence-electron chi connectivity index (χ1n) is 8.53. The highest BCUT2D eigenvalue weighted by Crippen LogP contribution is 2.32. The Morgan fingerprint density at radius 2 is 1.83 bits per heavy atom. The number of amides is 1. The van der Waals surface area contributed by atoms with Crippen molar-refractivity contribution in [1.82, 2.24) is 4.98 Å². The minimum absolute atomic E-state index is 0.00203. The predicted molar refractivity (Wildman–Crippen MR) is 102 cm³/mol. The maximum absolute atomic E-state index is 12.6. The number of methoxy groups -OCH3 is 2. The summed E-state index contributed by atoms with van der Waals surface area (Å²) in [6, 6.07) is 5.82. The Hall–Kier alpha value is -3.01. The summed E-state index contributed by atoms with van der Waals surface area (Å²) in [5.41, 5.74) is -0.248. The Balaban J connectivity index is 1.83. The van der Waals surface area contributed by atoms with E-state index in [1.165, 1.54) is 14.2 Å². The number of benzene rings is 1. The van der Waals surface area contributed by atoms with Crippen LogP contribution in [0.5, 0.6) is 11.5 Å². The van der Waals surface area contributed by atoms with Crippen molar-refractivity contribution in [3.8, 4) is 11.5 Å². The predicted octanol–water partition coefficient (Wildman–Crippen LogP) is 3.89. The van der Waals surface area contributed by atoms with Gasteiger partial charge in [0.05, 0.1) is 24.8 Å². The number of alkyl halides is 3. The Labute approximate surface area is 175 Å². The number of carbonyl (C=O) groups excluding carboxylic acids is 2. The number of hydrogen-bond donors (Lipinski definition) is 1. The quantitative estimate of drug-likeness (QED) is 0.619. The van der Waals surface area contributed by atoms with E-state index in [4.69, 9.17) is 25.8 Å². The Morgan fingerprint density at radius 3 is 2.43 bits per heavy atom. The molecular formula is C19H18ClF3N2O5. The summed E-state index contributed by atoms with van der Waals surface area (Å²) >= 11 is 5.70. The number of pyridine rings is 1. The monoisotopic (exact) mass is 446 g/mol. The van der Waals surface area contributed by atoms with Crippen molar-refractivity contribution in [2.24, 2.45) is 0 Å². The number of aryl methyl sites for hydroxylation is 1. The summed E-state index contributed by atoms with van der Waals surface area (Å²) < 4.78 is 52.9. The fourth-order valence-corrected chi connectivity index (χ4v) is 2.57. The number of rotatable bonds is 8. The van der Waals surface area contributed by atoms with Crippen LogP contribution in [-0.4, -0.2) is 37.7 Å². The van der Waals surface area contributed by atoms with Crippen molar-refractivity contribution >= 4 is 29.3 Å². The van der Waals surface area contributed by atoms with E-state index in [1.807, 2.05) is 0 Å². The summed E-state index contributed by atoms with van der Waals surface area (Å²) in [4.78, 5) is 27.2. The highest BCUT2D eigenvalue weighted by atomic mass is 35.5. The molecule has 0 saturated carbocycles. The fraction of sp³-hybridized carbons (Fsp3) is 0.316. The minimum Gasteiger partial charge on any atom is -0.493 e. The number of nitrogens with zero attached hydrogens (tertiary/aromatic N) is 1. The van der Waals surface area contributed by atoms with Crippen molar-refractivity contribution in [3.05, 3.63) is 46.6 Å². The maximum atomic E-state index is 12.6. The van der Waals surface area contributed by atoms with Crippen molar-refractivity contribution in [3.63, 3.8) is 0 Å². The Kier molecular flexibility index (Phi) is 7.87. The van der Waals surface area contributed by atoms with Crippen molar-refractivity contribution in [1.29, 1.82) is 0 Å². The zero-order chi connectivity index (χ0) is 22.3. The van der Waals surface area contributed by atoms with E-state index >= 15 is 0 Å². The first-order chi connectivity index (χ1) is 14.1. The van der Waals surface area contributed by atoms with Gasteiger partial charge in [-0.1, -0.05) is 17.7 Å². The van der Waals surface area contributed by atoms with E-state index in [0.717, 1.165) is 5.56 Å². The Morgan fingerprint density at radius 1 is 1.13 bits per heavy atom. The van der Waals surface area contributed by atoms with Gasteiger partial charge in [0, 0.05) is 12.6 Å². The third-order valence-electron chi connectivity index (χ3n) is 3.86. The number of anilines is 1. The lowest BCUT2D eigenvalue weighted by Gasteiger charge is -2.11. The van der Waals surface area contributed by atoms with E-state index in [-0.39, 0.29) is 12.2 Å². The topological polar surface area (TPSA) is 86.8 Å². The van der Waals surface area contributed by atoms with Crippen LogP contribution < -0.4 is 14.8 Å². The molecule has 2 aromatic rings. The molecule has 1 N–H and O–H groups in total. The smallest absolute Gasteiger partial charge is 0.417 e. The van der Waals surface area contributed by atoms with Crippen molar-refractivity contribution in [2.75, 3.05) is 26.1 Å². The molecule has 162 valence electrons. The molecule has 0 bridgehead atoms. The van der Waals surface area contributed by atoms with Crippen LogP contribution in [0.4, 0.5) is 19.0 Å². The lowest BCUT2D eigenvalue weighted by molar-refractivity contribution is -0.147. The van der Waals surface area contributed by atoms with Crippen molar-refractivity contribution in [2.45, 2.75) is 19.0 Å². The average Bonchev–Trinajstić information content (AvgIpc) is 2.71. The molecule has 0 fully saturated rings. The first kappa shape index (κ1) is 23.3. The van der Waals surface area contributed by atoms with Gasteiger partial charge in [-0.15, -0.1) is 0 Å². The van der Waals surface area contributed by atoms with E-state index in [0.29, 0.717) is 30.2 Å². The molecule has 7 nitrogen and oxygen atoms in total. The third-order valence-corrected chi connectivity index (χ3v) is 4.14. The number of halogens is 4. The van der Waals surface area contributed by atoms with E-state index in [1.54, 1.807) is 18.2 Å². The lowest BCUT2D eigenvalue weighted by atomic mass is 10.1.